The van der Waals surface area contributed by atoms with Gasteiger partial charge in [-0.05, 0) is 36.8 Å². The normalized spacial score (nSPS) is 20.6. The molecule has 4 amide bonds. The summed E-state index contributed by atoms with van der Waals surface area (Å²) < 4.78 is 5.48. The lowest BCUT2D eigenvalue weighted by Crippen LogP contribution is -2.52. The van der Waals surface area contributed by atoms with Crippen molar-refractivity contribution in [2.24, 2.45) is 0 Å². The monoisotopic (exact) mass is 449 g/mol. The Balaban J connectivity index is 1.14. The molecule has 3 aliphatic heterocycles. The minimum Gasteiger partial charge on any atom is -0.368 e. The van der Waals surface area contributed by atoms with Crippen molar-refractivity contribution >= 4 is 34.4 Å². The van der Waals surface area contributed by atoms with Gasteiger partial charge in [-0.3, -0.25) is 24.1 Å². The number of hydrogen-bond acceptors (Lipinski definition) is 5. The molecule has 2 aromatic carbocycles. The number of ether oxygens (including phenoxy) is 1. The van der Waals surface area contributed by atoms with Crippen LogP contribution in [0.3, 0.4) is 0 Å². The van der Waals surface area contributed by atoms with Gasteiger partial charge in [0, 0.05) is 62.3 Å². The molecule has 2 aromatic rings. The molecule has 2 fully saturated rings. The number of benzene rings is 2. The van der Waals surface area contributed by atoms with E-state index in [0.717, 1.165) is 18.2 Å². The lowest BCUT2D eigenvalue weighted by atomic mass is 9.94. The van der Waals surface area contributed by atoms with Gasteiger partial charge in [0.1, 0.15) is 6.10 Å². The van der Waals surface area contributed by atoms with E-state index in [1.807, 2.05) is 24.3 Å². The molecule has 0 radical (unpaired) electrons. The summed E-state index contributed by atoms with van der Waals surface area (Å²) in [6.07, 6.45) is 2.01. The van der Waals surface area contributed by atoms with Gasteiger partial charge in [-0.1, -0.05) is 24.3 Å². The molecule has 5 rings (SSSR count). The number of carbonyl (C=O) groups excluding carboxylic acids is 4. The highest BCUT2D eigenvalue weighted by molar-refractivity contribution is 6.25. The third kappa shape index (κ3) is 3.99. The lowest BCUT2D eigenvalue weighted by Gasteiger charge is -2.36. The minimum atomic E-state index is -0.331. The van der Waals surface area contributed by atoms with Crippen LogP contribution in [-0.4, -0.2) is 83.8 Å². The zero-order valence-corrected chi connectivity index (χ0v) is 18.5. The van der Waals surface area contributed by atoms with Crippen molar-refractivity contribution in [3.8, 4) is 0 Å². The summed E-state index contributed by atoms with van der Waals surface area (Å²) in [5.41, 5.74) is 1.06. The number of rotatable bonds is 5. The molecular weight excluding hydrogens is 422 g/mol. The van der Waals surface area contributed by atoms with Gasteiger partial charge in [0.15, 0.2) is 0 Å². The van der Waals surface area contributed by atoms with Gasteiger partial charge in [0.2, 0.25) is 5.91 Å². The first-order valence-electron chi connectivity index (χ1n) is 11.6. The fraction of sp³-hybridized carbons (Fsp3) is 0.440. The second-order valence-corrected chi connectivity index (χ2v) is 8.78. The minimum absolute atomic E-state index is 0.0152. The van der Waals surface area contributed by atoms with E-state index in [1.54, 1.807) is 21.9 Å². The Morgan fingerprint density at radius 3 is 2.15 bits per heavy atom. The number of hydrogen-bond donors (Lipinski definition) is 0. The highest BCUT2D eigenvalue weighted by atomic mass is 16.5. The second-order valence-electron chi connectivity index (χ2n) is 8.78. The number of carbonyl (C=O) groups is 4. The van der Waals surface area contributed by atoms with E-state index in [-0.39, 0.29) is 42.7 Å². The average Bonchev–Trinajstić information content (AvgIpc) is 3.39. The van der Waals surface area contributed by atoms with E-state index in [0.29, 0.717) is 55.7 Å². The summed E-state index contributed by atoms with van der Waals surface area (Å²) in [6.45, 7) is 2.84. The van der Waals surface area contributed by atoms with Crippen LogP contribution < -0.4 is 0 Å². The molecule has 0 spiro atoms. The highest BCUT2D eigenvalue weighted by Gasteiger charge is 2.33. The Morgan fingerprint density at radius 2 is 1.55 bits per heavy atom. The zero-order valence-electron chi connectivity index (χ0n) is 18.5. The topological polar surface area (TPSA) is 87.2 Å². The van der Waals surface area contributed by atoms with Crippen LogP contribution in [0.5, 0.6) is 0 Å². The zero-order chi connectivity index (χ0) is 22.9. The molecule has 0 aliphatic carbocycles. The third-order valence-corrected chi connectivity index (χ3v) is 6.78. The maximum atomic E-state index is 13.0. The van der Waals surface area contributed by atoms with Gasteiger partial charge in [-0.15, -0.1) is 0 Å². The van der Waals surface area contributed by atoms with Crippen LogP contribution in [0, 0.1) is 0 Å². The van der Waals surface area contributed by atoms with E-state index < -0.39 is 0 Å². The Bertz CT molecular complexity index is 1070. The molecule has 172 valence electrons. The third-order valence-electron chi connectivity index (χ3n) is 6.78. The van der Waals surface area contributed by atoms with Crippen molar-refractivity contribution in [2.45, 2.75) is 31.8 Å². The quantitative estimate of drug-likeness (QED) is 0.653. The van der Waals surface area contributed by atoms with E-state index in [4.69, 9.17) is 4.74 Å². The first kappa shape index (κ1) is 21.6. The standard InChI is InChI=1S/C25H27N3O5/c29-21(26-12-14-27(15-13-26)25(32)20-9-4-16-33-20)10-3-11-28-23(30)18-7-1-5-17-6-2-8-19(22(17)18)24(28)31/h1-2,5-8,20H,3-4,9-16H2. The van der Waals surface area contributed by atoms with Gasteiger partial charge < -0.3 is 14.5 Å². The summed E-state index contributed by atoms with van der Waals surface area (Å²) >= 11 is 0. The summed E-state index contributed by atoms with van der Waals surface area (Å²) in [5.74, 6) is -0.605. The molecule has 1 atom stereocenters. The van der Waals surface area contributed by atoms with E-state index in [9.17, 15) is 19.2 Å². The maximum Gasteiger partial charge on any atom is 0.261 e. The summed E-state index contributed by atoms with van der Waals surface area (Å²) in [4.78, 5) is 55.9. The molecule has 3 aliphatic rings. The van der Waals surface area contributed by atoms with Crippen LogP contribution in [0.1, 0.15) is 46.4 Å². The van der Waals surface area contributed by atoms with E-state index in [2.05, 4.69) is 0 Å². The summed E-state index contributed by atoms with van der Waals surface area (Å²) in [5, 5.41) is 1.58. The van der Waals surface area contributed by atoms with Crippen molar-refractivity contribution in [1.29, 1.82) is 0 Å². The van der Waals surface area contributed by atoms with Crippen LogP contribution in [0.25, 0.3) is 10.8 Å². The first-order valence-corrected chi connectivity index (χ1v) is 11.6. The number of piperazine rings is 1. The van der Waals surface area contributed by atoms with Crippen LogP contribution in [0.15, 0.2) is 36.4 Å². The van der Waals surface area contributed by atoms with Crippen molar-refractivity contribution in [3.05, 3.63) is 47.5 Å². The Labute approximate surface area is 192 Å². The Hall–Kier alpha value is -3.26. The predicted molar refractivity (Wildman–Crippen MR) is 121 cm³/mol. The first-order chi connectivity index (χ1) is 16.0. The smallest absolute Gasteiger partial charge is 0.261 e. The summed E-state index contributed by atoms with van der Waals surface area (Å²) in [6, 6.07) is 10.9. The van der Waals surface area contributed by atoms with Crippen LogP contribution in [0.2, 0.25) is 0 Å². The largest absolute Gasteiger partial charge is 0.368 e. The van der Waals surface area contributed by atoms with Crippen LogP contribution in [-0.2, 0) is 14.3 Å². The Morgan fingerprint density at radius 1 is 0.909 bits per heavy atom. The van der Waals surface area contributed by atoms with Crippen molar-refractivity contribution in [2.75, 3.05) is 39.3 Å². The van der Waals surface area contributed by atoms with Crippen LogP contribution in [0.4, 0.5) is 0 Å². The maximum absolute atomic E-state index is 13.0. The SMILES string of the molecule is O=C(CCCN1C(=O)c2cccc3cccc(c23)C1=O)N1CCN(C(=O)C2CCCO2)CC1. The van der Waals surface area contributed by atoms with E-state index >= 15 is 0 Å². The molecule has 2 saturated heterocycles. The second kappa shape index (κ2) is 8.94. The van der Waals surface area contributed by atoms with Crippen molar-refractivity contribution < 1.29 is 23.9 Å². The van der Waals surface area contributed by atoms with Gasteiger partial charge in [-0.2, -0.15) is 0 Å². The molecule has 0 N–H and O–H groups in total. The fourth-order valence-electron chi connectivity index (χ4n) is 4.98. The molecule has 0 saturated carbocycles. The van der Waals surface area contributed by atoms with Crippen LogP contribution >= 0.6 is 0 Å². The molecule has 3 heterocycles. The van der Waals surface area contributed by atoms with Gasteiger partial charge >= 0.3 is 0 Å². The highest BCUT2D eigenvalue weighted by Crippen LogP contribution is 2.30. The Kier molecular flexibility index (Phi) is 5.85. The molecule has 0 bridgehead atoms. The number of nitrogens with zero attached hydrogens (tertiary/aromatic N) is 3. The predicted octanol–water partition coefficient (Wildman–Crippen LogP) is 2.07. The summed E-state index contributed by atoms with van der Waals surface area (Å²) in [7, 11) is 0. The molecule has 8 heteroatoms. The molecular formula is C25H27N3O5. The van der Waals surface area contributed by atoms with Crippen molar-refractivity contribution in [3.63, 3.8) is 0 Å². The van der Waals surface area contributed by atoms with Gasteiger partial charge in [0.05, 0.1) is 0 Å². The van der Waals surface area contributed by atoms with E-state index in [1.165, 1.54) is 4.90 Å². The average molecular weight is 450 g/mol. The molecule has 1 unspecified atom stereocenters. The van der Waals surface area contributed by atoms with Gasteiger partial charge in [-0.25, -0.2) is 0 Å². The van der Waals surface area contributed by atoms with Crippen molar-refractivity contribution in [1.82, 2.24) is 14.7 Å². The molecule has 8 nitrogen and oxygen atoms in total. The molecule has 0 aromatic heterocycles. The van der Waals surface area contributed by atoms with Gasteiger partial charge in [0.25, 0.3) is 17.7 Å². The number of imide groups is 1. The molecule has 33 heavy (non-hydrogen) atoms. The fourth-order valence-corrected chi connectivity index (χ4v) is 4.98. The number of amides is 4. The lowest BCUT2D eigenvalue weighted by molar-refractivity contribution is -0.146.